The molecular weight excluding hydrogens is 286 g/mol. The Morgan fingerprint density at radius 3 is 2.52 bits per heavy atom. The summed E-state index contributed by atoms with van der Waals surface area (Å²) in [6.45, 7) is 7.08. The maximum atomic E-state index is 12.1. The van der Waals surface area contributed by atoms with Gasteiger partial charge in [-0.2, -0.15) is 9.35 Å². The summed E-state index contributed by atoms with van der Waals surface area (Å²) >= 11 is -1.43. The SMILES string of the molecule is CC(C)CCCc1ccc(S(=O)ON2CCOCC2)cc1. The number of aryl methyl sites for hydroxylation is 1. The molecule has 0 aromatic heterocycles. The van der Waals surface area contributed by atoms with Gasteiger partial charge in [-0.3, -0.25) is 0 Å². The Morgan fingerprint density at radius 2 is 1.90 bits per heavy atom. The van der Waals surface area contributed by atoms with Crippen molar-refractivity contribution in [1.82, 2.24) is 5.06 Å². The number of hydrogen-bond donors (Lipinski definition) is 0. The maximum Gasteiger partial charge on any atom is 0.206 e. The van der Waals surface area contributed by atoms with E-state index in [-0.39, 0.29) is 0 Å². The highest BCUT2D eigenvalue weighted by Gasteiger charge is 2.15. The molecule has 1 aromatic carbocycles. The highest BCUT2D eigenvalue weighted by molar-refractivity contribution is 7.80. The molecule has 4 nitrogen and oxygen atoms in total. The molecule has 1 aliphatic heterocycles. The number of rotatable bonds is 7. The number of benzene rings is 1. The lowest BCUT2D eigenvalue weighted by Gasteiger charge is -2.24. The van der Waals surface area contributed by atoms with Gasteiger partial charge in [0.25, 0.3) is 0 Å². The number of nitrogens with zero attached hydrogens (tertiary/aromatic N) is 1. The molecule has 0 amide bonds. The van der Waals surface area contributed by atoms with Crippen molar-refractivity contribution in [2.45, 2.75) is 38.0 Å². The van der Waals surface area contributed by atoms with E-state index in [1.54, 1.807) is 5.06 Å². The first kappa shape index (κ1) is 16.6. The molecule has 1 atom stereocenters. The molecule has 0 N–H and O–H groups in total. The van der Waals surface area contributed by atoms with Gasteiger partial charge in [0.05, 0.1) is 18.1 Å². The van der Waals surface area contributed by atoms with E-state index in [1.807, 2.05) is 12.1 Å². The molecule has 1 unspecified atom stereocenters. The lowest BCUT2D eigenvalue weighted by atomic mass is 10.0. The van der Waals surface area contributed by atoms with E-state index in [9.17, 15) is 4.21 Å². The summed E-state index contributed by atoms with van der Waals surface area (Å²) in [5, 5.41) is 1.72. The van der Waals surface area contributed by atoms with Gasteiger partial charge in [0, 0.05) is 13.1 Å². The maximum absolute atomic E-state index is 12.1. The summed E-state index contributed by atoms with van der Waals surface area (Å²) < 4.78 is 22.8. The molecule has 1 fully saturated rings. The predicted octanol–water partition coefficient (Wildman–Crippen LogP) is 2.95. The average molecular weight is 311 g/mol. The van der Waals surface area contributed by atoms with Crippen LogP contribution in [0, 0.1) is 5.92 Å². The van der Waals surface area contributed by atoms with E-state index in [2.05, 4.69) is 26.0 Å². The molecule has 2 rings (SSSR count). The molecule has 118 valence electrons. The van der Waals surface area contributed by atoms with Gasteiger partial charge in [0.15, 0.2) is 0 Å². The van der Waals surface area contributed by atoms with Gasteiger partial charge < -0.3 is 4.74 Å². The highest BCUT2D eigenvalue weighted by Crippen LogP contribution is 2.15. The first-order chi connectivity index (χ1) is 10.1. The number of ether oxygens (including phenoxy) is 1. The molecule has 21 heavy (non-hydrogen) atoms. The van der Waals surface area contributed by atoms with Gasteiger partial charge in [-0.15, -0.1) is 0 Å². The van der Waals surface area contributed by atoms with Crippen LogP contribution in [0.4, 0.5) is 0 Å². The molecule has 0 aliphatic carbocycles. The van der Waals surface area contributed by atoms with Crippen molar-refractivity contribution in [1.29, 1.82) is 0 Å². The van der Waals surface area contributed by atoms with Crippen LogP contribution in [0.25, 0.3) is 0 Å². The number of hydroxylamine groups is 2. The van der Waals surface area contributed by atoms with Gasteiger partial charge in [-0.25, -0.2) is 4.21 Å². The van der Waals surface area contributed by atoms with E-state index in [4.69, 9.17) is 9.02 Å². The summed E-state index contributed by atoms with van der Waals surface area (Å²) in [5.41, 5.74) is 1.29. The van der Waals surface area contributed by atoms with Crippen LogP contribution in [0.15, 0.2) is 29.2 Å². The second-order valence-corrected chi connectivity index (χ2v) is 6.87. The van der Waals surface area contributed by atoms with Gasteiger partial charge >= 0.3 is 0 Å². The third-order valence-corrected chi connectivity index (χ3v) is 4.51. The van der Waals surface area contributed by atoms with Crippen LogP contribution >= 0.6 is 0 Å². The van der Waals surface area contributed by atoms with Crippen molar-refractivity contribution < 1.29 is 13.2 Å². The van der Waals surface area contributed by atoms with Crippen LogP contribution in [-0.2, 0) is 26.5 Å². The zero-order valence-electron chi connectivity index (χ0n) is 12.9. The van der Waals surface area contributed by atoms with Crippen molar-refractivity contribution in [3.05, 3.63) is 29.8 Å². The summed E-state index contributed by atoms with van der Waals surface area (Å²) in [4.78, 5) is 0.717. The van der Waals surface area contributed by atoms with E-state index in [0.717, 1.165) is 12.3 Å². The fourth-order valence-electron chi connectivity index (χ4n) is 2.24. The molecular formula is C16H25NO3S. The Bertz CT molecular complexity index is 441. The second kappa shape index (κ2) is 8.63. The van der Waals surface area contributed by atoms with Crippen molar-refractivity contribution in [3.63, 3.8) is 0 Å². The summed E-state index contributed by atoms with van der Waals surface area (Å²) in [7, 11) is 0. The van der Waals surface area contributed by atoms with Crippen molar-refractivity contribution in [2.75, 3.05) is 26.3 Å². The van der Waals surface area contributed by atoms with Gasteiger partial charge in [0.1, 0.15) is 0 Å². The van der Waals surface area contributed by atoms with Gasteiger partial charge in [0.2, 0.25) is 11.1 Å². The minimum atomic E-state index is -1.43. The van der Waals surface area contributed by atoms with Crippen LogP contribution in [0.3, 0.4) is 0 Å². The monoisotopic (exact) mass is 311 g/mol. The van der Waals surface area contributed by atoms with Gasteiger partial charge in [-0.05, 0) is 36.5 Å². The third kappa shape index (κ3) is 5.87. The van der Waals surface area contributed by atoms with E-state index in [0.29, 0.717) is 31.2 Å². The Kier molecular flexibility index (Phi) is 6.83. The lowest BCUT2D eigenvalue weighted by Crippen LogP contribution is -2.36. The Morgan fingerprint density at radius 1 is 1.24 bits per heavy atom. The first-order valence-electron chi connectivity index (χ1n) is 7.67. The van der Waals surface area contributed by atoms with Crippen LogP contribution in [0.5, 0.6) is 0 Å². The zero-order valence-corrected chi connectivity index (χ0v) is 13.7. The molecule has 1 aliphatic rings. The largest absolute Gasteiger partial charge is 0.379 e. The van der Waals surface area contributed by atoms with E-state index >= 15 is 0 Å². The average Bonchev–Trinajstić information content (AvgIpc) is 2.48. The number of morpholine rings is 1. The molecule has 5 heteroatoms. The molecule has 0 bridgehead atoms. The van der Waals surface area contributed by atoms with Crippen LogP contribution < -0.4 is 0 Å². The molecule has 1 heterocycles. The molecule has 0 saturated carbocycles. The Balaban J connectivity index is 1.81. The standard InChI is InChI=1S/C16H25NO3S/c1-14(2)4-3-5-15-6-8-16(9-7-15)21(18)20-17-10-12-19-13-11-17/h6-9,14H,3-5,10-13H2,1-2H3. The highest BCUT2D eigenvalue weighted by atomic mass is 32.2. The van der Waals surface area contributed by atoms with E-state index in [1.165, 1.54) is 18.4 Å². The molecule has 1 aromatic rings. The summed E-state index contributed by atoms with van der Waals surface area (Å²) in [5.74, 6) is 0.749. The zero-order chi connectivity index (χ0) is 15.1. The molecule has 0 radical (unpaired) electrons. The predicted molar refractivity (Wildman–Crippen MR) is 84.1 cm³/mol. The molecule has 1 saturated heterocycles. The topological polar surface area (TPSA) is 38.8 Å². The van der Waals surface area contributed by atoms with Crippen LogP contribution in [0.1, 0.15) is 32.3 Å². The van der Waals surface area contributed by atoms with Crippen molar-refractivity contribution >= 4 is 11.1 Å². The Hall–Kier alpha value is -0.750. The normalized spacial score (nSPS) is 18.0. The lowest BCUT2D eigenvalue weighted by molar-refractivity contribution is -0.109. The Labute approximate surface area is 130 Å². The second-order valence-electron chi connectivity index (χ2n) is 5.78. The number of hydrogen-bond acceptors (Lipinski definition) is 4. The smallest absolute Gasteiger partial charge is 0.206 e. The minimum absolute atomic E-state index is 0.631. The molecule has 0 spiro atoms. The third-order valence-electron chi connectivity index (χ3n) is 3.51. The fraction of sp³-hybridized carbons (Fsp3) is 0.625. The van der Waals surface area contributed by atoms with Gasteiger partial charge in [-0.1, -0.05) is 32.4 Å². The van der Waals surface area contributed by atoms with E-state index < -0.39 is 11.1 Å². The van der Waals surface area contributed by atoms with Crippen molar-refractivity contribution in [2.24, 2.45) is 5.92 Å². The van der Waals surface area contributed by atoms with Crippen molar-refractivity contribution in [3.8, 4) is 0 Å². The summed E-state index contributed by atoms with van der Waals surface area (Å²) in [6, 6.07) is 7.91. The van der Waals surface area contributed by atoms with Crippen LogP contribution in [0.2, 0.25) is 0 Å². The fourth-order valence-corrected chi connectivity index (χ4v) is 3.03. The quantitative estimate of drug-likeness (QED) is 0.776. The van der Waals surface area contributed by atoms with Crippen LogP contribution in [-0.4, -0.2) is 35.6 Å². The minimum Gasteiger partial charge on any atom is -0.379 e. The first-order valence-corrected chi connectivity index (χ1v) is 8.74. The summed E-state index contributed by atoms with van der Waals surface area (Å²) in [6.07, 6.45) is 3.52.